The lowest BCUT2D eigenvalue weighted by Crippen LogP contribution is -2.51. The van der Waals surface area contributed by atoms with Crippen LogP contribution in [-0.2, 0) is 4.79 Å². The highest BCUT2D eigenvalue weighted by Crippen LogP contribution is 2.17. The molecule has 0 aliphatic carbocycles. The van der Waals surface area contributed by atoms with Crippen molar-refractivity contribution in [3.63, 3.8) is 0 Å². The highest BCUT2D eigenvalue weighted by molar-refractivity contribution is 6.30. The van der Waals surface area contributed by atoms with Gasteiger partial charge in [-0.3, -0.25) is 4.79 Å². The molecule has 1 amide bonds. The van der Waals surface area contributed by atoms with Crippen LogP contribution in [0.4, 0.5) is 5.95 Å². The van der Waals surface area contributed by atoms with E-state index >= 15 is 0 Å². The smallest absolute Gasteiger partial charge is 0.236 e. The Kier molecular flexibility index (Phi) is 5.83. The highest BCUT2D eigenvalue weighted by Gasteiger charge is 2.22. The summed E-state index contributed by atoms with van der Waals surface area (Å²) in [5.74, 6) is 0.838. The number of hydrogen-bond acceptors (Lipinski definition) is 5. The van der Waals surface area contributed by atoms with Crippen LogP contribution in [0.25, 0.3) is 0 Å². The van der Waals surface area contributed by atoms with Crippen LogP contribution in [0.15, 0.2) is 42.7 Å². The number of nitrogens with zero attached hydrogens (tertiary/aromatic N) is 4. The van der Waals surface area contributed by atoms with Crippen molar-refractivity contribution in [3.8, 4) is 0 Å². The van der Waals surface area contributed by atoms with E-state index in [2.05, 4.69) is 20.2 Å². The van der Waals surface area contributed by atoms with Gasteiger partial charge in [0, 0.05) is 49.6 Å². The lowest BCUT2D eigenvalue weighted by atomic mass is 10.1. The van der Waals surface area contributed by atoms with Gasteiger partial charge in [0.2, 0.25) is 11.9 Å². The summed E-state index contributed by atoms with van der Waals surface area (Å²) in [6.07, 6.45) is 3.47. The third-order valence-corrected chi connectivity index (χ3v) is 4.61. The number of halogens is 1. The number of carbonyl (C=O) groups excluding carboxylic acids is 1. The Morgan fingerprint density at radius 3 is 2.60 bits per heavy atom. The van der Waals surface area contributed by atoms with Crippen molar-refractivity contribution in [2.75, 3.05) is 37.6 Å². The fourth-order valence-corrected chi connectivity index (χ4v) is 3.06. The van der Waals surface area contributed by atoms with Crippen molar-refractivity contribution < 1.29 is 4.79 Å². The zero-order chi connectivity index (χ0) is 17.6. The van der Waals surface area contributed by atoms with Crippen LogP contribution in [0.2, 0.25) is 5.02 Å². The van der Waals surface area contributed by atoms with Gasteiger partial charge in [-0.1, -0.05) is 23.7 Å². The van der Waals surface area contributed by atoms with Gasteiger partial charge in [0.05, 0.1) is 6.54 Å². The van der Waals surface area contributed by atoms with Crippen LogP contribution in [0.5, 0.6) is 0 Å². The normalized spacial score (nSPS) is 15.9. The molecule has 0 saturated carbocycles. The number of anilines is 1. The second-order valence-electron chi connectivity index (χ2n) is 6.07. The molecular weight excluding hydrogens is 338 g/mol. The quantitative estimate of drug-likeness (QED) is 0.886. The molecular formula is C18H22ClN5O. The van der Waals surface area contributed by atoms with E-state index < -0.39 is 0 Å². The minimum absolute atomic E-state index is 0.0710. The Morgan fingerprint density at radius 2 is 1.92 bits per heavy atom. The SMILES string of the molecule is C[C@H](NCC(=O)N1CCN(c2ncccn2)CC1)c1cccc(Cl)c1. The van der Waals surface area contributed by atoms with Crippen molar-refractivity contribution >= 4 is 23.5 Å². The van der Waals surface area contributed by atoms with E-state index in [4.69, 9.17) is 11.6 Å². The van der Waals surface area contributed by atoms with E-state index in [0.717, 1.165) is 24.6 Å². The van der Waals surface area contributed by atoms with Gasteiger partial charge in [-0.2, -0.15) is 0 Å². The van der Waals surface area contributed by atoms with Crippen LogP contribution in [-0.4, -0.2) is 53.5 Å². The van der Waals surface area contributed by atoms with Crippen molar-refractivity contribution in [2.24, 2.45) is 0 Å². The second-order valence-corrected chi connectivity index (χ2v) is 6.51. The van der Waals surface area contributed by atoms with Gasteiger partial charge in [-0.25, -0.2) is 9.97 Å². The van der Waals surface area contributed by atoms with Gasteiger partial charge in [0.25, 0.3) is 0 Å². The molecule has 1 aliphatic heterocycles. The first-order valence-electron chi connectivity index (χ1n) is 8.42. The molecule has 2 heterocycles. The molecule has 25 heavy (non-hydrogen) atoms. The molecule has 3 rings (SSSR count). The summed E-state index contributed by atoms with van der Waals surface area (Å²) < 4.78 is 0. The Morgan fingerprint density at radius 1 is 1.20 bits per heavy atom. The Hall–Kier alpha value is -2.18. The Balaban J connectivity index is 1.46. The minimum atomic E-state index is 0.0710. The van der Waals surface area contributed by atoms with E-state index in [1.54, 1.807) is 18.5 Å². The lowest BCUT2D eigenvalue weighted by Gasteiger charge is -2.35. The molecule has 1 atom stereocenters. The number of aromatic nitrogens is 2. The fourth-order valence-electron chi connectivity index (χ4n) is 2.86. The molecule has 0 radical (unpaired) electrons. The summed E-state index contributed by atoms with van der Waals surface area (Å²) >= 11 is 6.02. The minimum Gasteiger partial charge on any atom is -0.338 e. The van der Waals surface area contributed by atoms with Gasteiger partial charge in [0.1, 0.15) is 0 Å². The summed E-state index contributed by atoms with van der Waals surface area (Å²) in [6, 6.07) is 9.56. The third kappa shape index (κ3) is 4.67. The highest BCUT2D eigenvalue weighted by atomic mass is 35.5. The molecule has 1 saturated heterocycles. The molecule has 1 aliphatic rings. The molecule has 1 N–H and O–H groups in total. The van der Waals surface area contributed by atoms with E-state index in [9.17, 15) is 4.79 Å². The predicted molar refractivity (Wildman–Crippen MR) is 98.7 cm³/mol. The molecule has 1 fully saturated rings. The maximum absolute atomic E-state index is 12.4. The molecule has 0 spiro atoms. The van der Waals surface area contributed by atoms with E-state index in [1.807, 2.05) is 36.1 Å². The number of benzene rings is 1. The molecule has 0 bridgehead atoms. The van der Waals surface area contributed by atoms with Crippen molar-refractivity contribution in [1.29, 1.82) is 0 Å². The van der Waals surface area contributed by atoms with Crippen LogP contribution in [0.3, 0.4) is 0 Å². The standard InChI is InChI=1S/C18H22ClN5O/c1-14(15-4-2-5-16(19)12-15)22-13-17(25)23-8-10-24(11-9-23)18-20-6-3-7-21-18/h2-7,12,14,22H,8-11,13H2,1H3/t14-/m0/s1. The van der Waals surface area contributed by atoms with Gasteiger partial charge in [0.15, 0.2) is 0 Å². The summed E-state index contributed by atoms with van der Waals surface area (Å²) in [5.41, 5.74) is 1.08. The van der Waals surface area contributed by atoms with E-state index in [-0.39, 0.29) is 11.9 Å². The number of hydrogen-bond donors (Lipinski definition) is 1. The summed E-state index contributed by atoms with van der Waals surface area (Å²) in [6.45, 7) is 5.22. The van der Waals surface area contributed by atoms with Gasteiger partial charge in [-0.15, -0.1) is 0 Å². The maximum Gasteiger partial charge on any atom is 0.236 e. The summed E-state index contributed by atoms with van der Waals surface area (Å²) in [4.78, 5) is 24.9. The molecule has 1 aromatic carbocycles. The van der Waals surface area contributed by atoms with E-state index in [1.165, 1.54) is 0 Å². The number of nitrogens with one attached hydrogen (secondary N) is 1. The molecule has 2 aromatic rings. The first kappa shape index (κ1) is 17.6. The predicted octanol–water partition coefficient (Wildman–Crippen LogP) is 2.13. The first-order valence-corrected chi connectivity index (χ1v) is 8.80. The number of carbonyl (C=O) groups is 1. The zero-order valence-electron chi connectivity index (χ0n) is 14.2. The molecule has 132 valence electrons. The average Bonchev–Trinajstić information content (AvgIpc) is 2.66. The van der Waals surface area contributed by atoms with Gasteiger partial charge >= 0.3 is 0 Å². The van der Waals surface area contributed by atoms with Crippen LogP contribution in [0, 0.1) is 0 Å². The molecule has 1 aromatic heterocycles. The van der Waals surface area contributed by atoms with Crippen LogP contribution < -0.4 is 10.2 Å². The topological polar surface area (TPSA) is 61.4 Å². The van der Waals surface area contributed by atoms with Gasteiger partial charge in [-0.05, 0) is 30.7 Å². The van der Waals surface area contributed by atoms with Crippen LogP contribution >= 0.6 is 11.6 Å². The fraction of sp³-hybridized carbons (Fsp3) is 0.389. The second kappa shape index (κ2) is 8.27. The Labute approximate surface area is 152 Å². The zero-order valence-corrected chi connectivity index (χ0v) is 15.0. The average molecular weight is 360 g/mol. The number of piperazine rings is 1. The monoisotopic (exact) mass is 359 g/mol. The maximum atomic E-state index is 12.4. The summed E-state index contributed by atoms with van der Waals surface area (Å²) in [7, 11) is 0. The van der Waals surface area contributed by atoms with Crippen molar-refractivity contribution in [3.05, 3.63) is 53.3 Å². The van der Waals surface area contributed by atoms with Gasteiger partial charge < -0.3 is 15.1 Å². The number of rotatable bonds is 5. The first-order chi connectivity index (χ1) is 12.1. The third-order valence-electron chi connectivity index (χ3n) is 4.38. The number of amides is 1. The molecule has 0 unspecified atom stereocenters. The lowest BCUT2D eigenvalue weighted by molar-refractivity contribution is -0.130. The van der Waals surface area contributed by atoms with Crippen LogP contribution in [0.1, 0.15) is 18.5 Å². The Bertz CT molecular complexity index is 704. The largest absolute Gasteiger partial charge is 0.338 e. The van der Waals surface area contributed by atoms with Crippen molar-refractivity contribution in [1.82, 2.24) is 20.2 Å². The molecule has 7 heteroatoms. The van der Waals surface area contributed by atoms with Crippen molar-refractivity contribution in [2.45, 2.75) is 13.0 Å². The molecule has 6 nitrogen and oxygen atoms in total. The summed E-state index contributed by atoms with van der Waals surface area (Å²) in [5, 5.41) is 3.98. The van der Waals surface area contributed by atoms with E-state index in [0.29, 0.717) is 24.7 Å².